The molecule has 2 atom stereocenters. The summed E-state index contributed by atoms with van der Waals surface area (Å²) in [5, 5.41) is 14.3. The minimum Gasteiger partial charge on any atom is -0.387 e. The van der Waals surface area contributed by atoms with Crippen LogP contribution in [0.2, 0.25) is 0 Å². The van der Waals surface area contributed by atoms with Crippen LogP contribution in [0.15, 0.2) is 34.9 Å². The van der Waals surface area contributed by atoms with Crippen LogP contribution >= 0.6 is 0 Å². The second-order valence-electron chi connectivity index (χ2n) is 6.27. The van der Waals surface area contributed by atoms with Crippen molar-refractivity contribution in [1.82, 2.24) is 19.9 Å². The zero-order valence-corrected chi connectivity index (χ0v) is 13.7. The third-order valence-corrected chi connectivity index (χ3v) is 4.45. The molecule has 6 heteroatoms. The van der Waals surface area contributed by atoms with Gasteiger partial charge in [-0.1, -0.05) is 35.5 Å². The Labute approximate surface area is 136 Å². The van der Waals surface area contributed by atoms with Gasteiger partial charge in [-0.05, 0) is 25.6 Å². The van der Waals surface area contributed by atoms with Gasteiger partial charge in [0.2, 0.25) is 5.89 Å². The smallest absolute Gasteiger partial charge is 0.223 e. The lowest BCUT2D eigenvalue weighted by atomic mass is 10.1. The maximum Gasteiger partial charge on any atom is 0.223 e. The van der Waals surface area contributed by atoms with Crippen molar-refractivity contribution in [2.75, 3.05) is 26.7 Å². The van der Waals surface area contributed by atoms with Crippen molar-refractivity contribution in [2.45, 2.75) is 32.0 Å². The Morgan fingerprint density at radius 3 is 2.87 bits per heavy atom. The average molecular weight is 316 g/mol. The highest BCUT2D eigenvalue weighted by atomic mass is 16.5. The third-order valence-electron chi connectivity index (χ3n) is 4.45. The lowest BCUT2D eigenvalue weighted by Gasteiger charge is -2.24. The van der Waals surface area contributed by atoms with Crippen molar-refractivity contribution < 1.29 is 9.63 Å². The van der Waals surface area contributed by atoms with Gasteiger partial charge in [-0.25, -0.2) is 0 Å². The Bertz CT molecular complexity index is 616. The molecule has 0 spiro atoms. The van der Waals surface area contributed by atoms with Crippen molar-refractivity contribution in [3.8, 4) is 0 Å². The van der Waals surface area contributed by atoms with Crippen LogP contribution in [0.3, 0.4) is 0 Å². The number of β-amino-alcohol motifs (C(OH)–C–C–N with tert-alkyl or cyclic N) is 1. The summed E-state index contributed by atoms with van der Waals surface area (Å²) in [4.78, 5) is 8.84. The minimum absolute atomic E-state index is 0.430. The van der Waals surface area contributed by atoms with Crippen molar-refractivity contribution >= 4 is 0 Å². The van der Waals surface area contributed by atoms with E-state index in [-0.39, 0.29) is 0 Å². The molecule has 2 aromatic rings. The Balaban J connectivity index is 1.50. The number of hydrogen-bond donors (Lipinski definition) is 1. The molecule has 3 rings (SSSR count). The fourth-order valence-corrected chi connectivity index (χ4v) is 3.12. The summed E-state index contributed by atoms with van der Waals surface area (Å²) < 4.78 is 5.02. The molecule has 1 aliphatic heterocycles. The van der Waals surface area contributed by atoms with Crippen molar-refractivity contribution in [3.63, 3.8) is 0 Å². The van der Waals surface area contributed by atoms with E-state index in [4.69, 9.17) is 4.52 Å². The fourth-order valence-electron chi connectivity index (χ4n) is 3.12. The van der Waals surface area contributed by atoms with Crippen LogP contribution in [0.1, 0.15) is 29.8 Å². The molecule has 23 heavy (non-hydrogen) atoms. The van der Waals surface area contributed by atoms with Crippen LogP contribution in [0.25, 0.3) is 0 Å². The molecular weight excluding hydrogens is 292 g/mol. The minimum atomic E-state index is -0.430. The molecule has 6 nitrogen and oxygen atoms in total. The maximum absolute atomic E-state index is 10.4. The first-order valence-corrected chi connectivity index (χ1v) is 8.06. The molecule has 1 saturated heterocycles. The van der Waals surface area contributed by atoms with Gasteiger partial charge in [0.1, 0.15) is 0 Å². The molecule has 1 aliphatic rings. The van der Waals surface area contributed by atoms with Crippen LogP contribution < -0.4 is 0 Å². The Morgan fingerprint density at radius 1 is 1.39 bits per heavy atom. The van der Waals surface area contributed by atoms with E-state index in [1.807, 2.05) is 30.3 Å². The highest BCUT2D eigenvalue weighted by molar-refractivity contribution is 5.17. The first-order chi connectivity index (χ1) is 11.1. The lowest BCUT2D eigenvalue weighted by Crippen LogP contribution is -2.35. The van der Waals surface area contributed by atoms with Crippen LogP contribution in [-0.4, -0.2) is 57.8 Å². The number of likely N-dealkylation sites (tertiary alicyclic amines) is 1. The number of likely N-dealkylation sites (N-methyl/N-ethyl adjacent to an activating group) is 1. The first kappa shape index (κ1) is 16.1. The largest absolute Gasteiger partial charge is 0.387 e. The first-order valence-electron chi connectivity index (χ1n) is 8.06. The molecule has 1 N–H and O–H groups in total. The molecule has 2 heterocycles. The van der Waals surface area contributed by atoms with E-state index >= 15 is 0 Å². The van der Waals surface area contributed by atoms with Crippen molar-refractivity contribution in [3.05, 3.63) is 47.6 Å². The zero-order valence-electron chi connectivity index (χ0n) is 13.7. The summed E-state index contributed by atoms with van der Waals surface area (Å²) in [6, 6.07) is 10.3. The number of aliphatic hydroxyl groups is 1. The molecule has 0 unspecified atom stereocenters. The normalized spacial score (nSPS) is 20.3. The molecule has 1 aromatic heterocycles. The zero-order chi connectivity index (χ0) is 16.2. The molecule has 0 bridgehead atoms. The standard InChI is InChI=1S/C17H24N4O2/c1-13-18-17(19-23-13)12-20(2)15-8-9-21(10-15)11-16(22)14-6-4-3-5-7-14/h3-7,15-16,22H,8-12H2,1-2H3/t15-,16+/m1/s1. The van der Waals surface area contributed by atoms with Gasteiger partial charge in [-0.15, -0.1) is 0 Å². The van der Waals surface area contributed by atoms with Gasteiger partial charge < -0.3 is 9.63 Å². The topological polar surface area (TPSA) is 65.6 Å². The van der Waals surface area contributed by atoms with Gasteiger partial charge in [-0.2, -0.15) is 4.98 Å². The van der Waals surface area contributed by atoms with Crippen molar-refractivity contribution in [2.24, 2.45) is 0 Å². The van der Waals surface area contributed by atoms with Crippen LogP contribution in [0, 0.1) is 6.92 Å². The Hall–Kier alpha value is -1.76. The summed E-state index contributed by atoms with van der Waals surface area (Å²) in [7, 11) is 2.09. The van der Waals surface area contributed by atoms with Gasteiger partial charge in [0, 0.05) is 26.1 Å². The maximum atomic E-state index is 10.4. The molecule has 0 saturated carbocycles. The number of hydrogen-bond acceptors (Lipinski definition) is 6. The SMILES string of the molecule is Cc1nc(CN(C)[C@@H]2CCN(C[C@H](O)c3ccccc3)C2)no1. The van der Waals surface area contributed by atoms with Gasteiger partial charge in [-0.3, -0.25) is 9.80 Å². The summed E-state index contributed by atoms with van der Waals surface area (Å²) in [6.07, 6.45) is 0.662. The number of aryl methyl sites for hydroxylation is 1. The molecule has 1 fully saturated rings. The number of nitrogens with zero attached hydrogens (tertiary/aromatic N) is 4. The summed E-state index contributed by atoms with van der Waals surface area (Å²) in [6.45, 7) is 5.13. The van der Waals surface area contributed by atoms with Crippen LogP contribution in [0.5, 0.6) is 0 Å². The Kier molecular flexibility index (Phi) is 5.05. The van der Waals surface area contributed by atoms with Gasteiger partial charge in [0.25, 0.3) is 0 Å². The van der Waals surface area contributed by atoms with E-state index in [9.17, 15) is 5.11 Å². The fraction of sp³-hybridized carbons (Fsp3) is 0.529. The van der Waals surface area contributed by atoms with Crippen LogP contribution in [-0.2, 0) is 6.54 Å². The van der Waals surface area contributed by atoms with Gasteiger partial charge in [0.15, 0.2) is 5.82 Å². The lowest BCUT2D eigenvalue weighted by molar-refractivity contribution is 0.120. The number of rotatable bonds is 6. The van der Waals surface area contributed by atoms with Crippen LogP contribution in [0.4, 0.5) is 0 Å². The summed E-state index contributed by atoms with van der Waals surface area (Å²) in [5.74, 6) is 1.33. The van der Waals surface area contributed by atoms with E-state index in [0.717, 1.165) is 30.9 Å². The van der Waals surface area contributed by atoms with Gasteiger partial charge >= 0.3 is 0 Å². The third kappa shape index (κ3) is 4.16. The quantitative estimate of drug-likeness (QED) is 0.873. The number of aliphatic hydroxyl groups excluding tert-OH is 1. The highest BCUT2D eigenvalue weighted by Crippen LogP contribution is 2.20. The van der Waals surface area contributed by atoms with E-state index in [1.54, 1.807) is 6.92 Å². The average Bonchev–Trinajstić information content (AvgIpc) is 3.17. The van der Waals surface area contributed by atoms with Gasteiger partial charge in [0.05, 0.1) is 12.6 Å². The summed E-state index contributed by atoms with van der Waals surface area (Å²) in [5.41, 5.74) is 0.978. The second kappa shape index (κ2) is 7.21. The number of benzene rings is 1. The monoisotopic (exact) mass is 316 g/mol. The molecule has 124 valence electrons. The predicted octanol–water partition coefficient (Wildman–Crippen LogP) is 1.62. The predicted molar refractivity (Wildman–Crippen MR) is 86.7 cm³/mol. The van der Waals surface area contributed by atoms with E-state index in [0.29, 0.717) is 25.0 Å². The molecule has 0 amide bonds. The second-order valence-corrected chi connectivity index (χ2v) is 6.27. The van der Waals surface area contributed by atoms with E-state index in [1.165, 1.54) is 0 Å². The molecule has 0 radical (unpaired) electrons. The Morgan fingerprint density at radius 2 is 2.17 bits per heavy atom. The molecule has 1 aromatic carbocycles. The molecule has 0 aliphatic carbocycles. The van der Waals surface area contributed by atoms with E-state index in [2.05, 4.69) is 27.0 Å². The number of aromatic nitrogens is 2. The molecular formula is C17H24N4O2. The van der Waals surface area contributed by atoms with Crippen molar-refractivity contribution in [1.29, 1.82) is 0 Å². The van der Waals surface area contributed by atoms with E-state index < -0.39 is 6.10 Å². The summed E-state index contributed by atoms with van der Waals surface area (Å²) >= 11 is 0. The highest BCUT2D eigenvalue weighted by Gasteiger charge is 2.27.